The van der Waals surface area contributed by atoms with Crippen molar-refractivity contribution in [3.8, 4) is 11.5 Å². The van der Waals surface area contributed by atoms with E-state index in [-0.39, 0.29) is 18.1 Å². The zero-order valence-electron chi connectivity index (χ0n) is 19.5. The lowest BCUT2D eigenvalue weighted by Crippen LogP contribution is -2.53. The van der Waals surface area contributed by atoms with Crippen molar-refractivity contribution in [2.75, 3.05) is 25.8 Å². The van der Waals surface area contributed by atoms with Gasteiger partial charge in [-0.15, -0.1) is 0 Å². The van der Waals surface area contributed by atoms with Crippen LogP contribution in [0, 0.1) is 0 Å². The predicted molar refractivity (Wildman–Crippen MR) is 138 cm³/mol. The normalized spacial score (nSPS) is 13.1. The van der Waals surface area contributed by atoms with Crippen molar-refractivity contribution in [2.24, 2.45) is 0 Å². The SMILES string of the molecule is CN(C(=O)C(Cc1ccccc1)NC(=O)N(C)S(=O)(=O)c1ccccc1Br)c1ccc2c(c1)OCO2. The van der Waals surface area contributed by atoms with Crippen molar-refractivity contribution in [1.29, 1.82) is 0 Å². The van der Waals surface area contributed by atoms with E-state index in [1.165, 1.54) is 11.0 Å². The molecule has 1 atom stereocenters. The minimum absolute atomic E-state index is 0.0638. The third kappa shape index (κ3) is 5.31. The van der Waals surface area contributed by atoms with Crippen molar-refractivity contribution in [2.45, 2.75) is 17.4 Å². The molecule has 0 aromatic heterocycles. The summed E-state index contributed by atoms with van der Waals surface area (Å²) in [6.07, 6.45) is 0.156. The Balaban J connectivity index is 1.59. The van der Waals surface area contributed by atoms with Crippen LogP contribution in [0.5, 0.6) is 11.5 Å². The van der Waals surface area contributed by atoms with Crippen molar-refractivity contribution in [3.05, 3.63) is 82.8 Å². The van der Waals surface area contributed by atoms with Crippen LogP contribution in [0.25, 0.3) is 0 Å². The highest BCUT2D eigenvalue weighted by atomic mass is 79.9. The molecule has 3 aromatic rings. The molecule has 36 heavy (non-hydrogen) atoms. The number of ether oxygens (including phenoxy) is 2. The molecule has 0 saturated heterocycles. The molecule has 0 bridgehead atoms. The summed E-state index contributed by atoms with van der Waals surface area (Å²) >= 11 is 3.22. The van der Waals surface area contributed by atoms with Gasteiger partial charge in [-0.1, -0.05) is 42.5 Å². The Labute approximate surface area is 217 Å². The maximum Gasteiger partial charge on any atom is 0.331 e. The number of nitrogens with one attached hydrogen (secondary N) is 1. The second-order valence-corrected chi connectivity index (χ2v) is 10.8. The topological polar surface area (TPSA) is 105 Å². The van der Waals surface area contributed by atoms with Gasteiger partial charge in [0.25, 0.3) is 10.0 Å². The van der Waals surface area contributed by atoms with Crippen molar-refractivity contribution in [3.63, 3.8) is 0 Å². The highest BCUT2D eigenvalue weighted by Gasteiger charge is 2.32. The number of carbonyl (C=O) groups excluding carboxylic acids is 2. The van der Waals surface area contributed by atoms with Crippen LogP contribution in [0.4, 0.5) is 10.5 Å². The van der Waals surface area contributed by atoms with Crippen molar-refractivity contribution >= 4 is 43.6 Å². The van der Waals surface area contributed by atoms with Crippen LogP contribution in [-0.4, -0.2) is 51.6 Å². The molecular weight excluding hydrogens is 550 g/mol. The summed E-state index contributed by atoms with van der Waals surface area (Å²) in [4.78, 5) is 28.0. The van der Waals surface area contributed by atoms with E-state index < -0.39 is 28.0 Å². The maximum absolute atomic E-state index is 13.5. The molecule has 0 spiro atoms. The van der Waals surface area contributed by atoms with Crippen LogP contribution in [-0.2, 0) is 21.2 Å². The van der Waals surface area contributed by atoms with Crippen molar-refractivity contribution < 1.29 is 27.5 Å². The monoisotopic (exact) mass is 573 g/mol. The number of hydrogen-bond acceptors (Lipinski definition) is 6. The van der Waals surface area contributed by atoms with Gasteiger partial charge < -0.3 is 19.7 Å². The summed E-state index contributed by atoms with van der Waals surface area (Å²) < 4.78 is 37.8. The third-order valence-electron chi connectivity index (χ3n) is 5.71. The number of fused-ring (bicyclic) bond motifs is 1. The Morgan fingerprint density at radius 2 is 1.64 bits per heavy atom. The number of hydrogen-bond donors (Lipinski definition) is 1. The van der Waals surface area contributed by atoms with Gasteiger partial charge in [0.15, 0.2) is 11.5 Å². The number of amides is 3. The highest BCUT2D eigenvalue weighted by Crippen LogP contribution is 2.35. The van der Waals surface area contributed by atoms with Crippen LogP contribution < -0.4 is 19.7 Å². The smallest absolute Gasteiger partial charge is 0.331 e. The molecule has 0 fully saturated rings. The van der Waals surface area contributed by atoms with Gasteiger partial charge in [0.2, 0.25) is 12.7 Å². The van der Waals surface area contributed by atoms with Gasteiger partial charge >= 0.3 is 6.03 Å². The van der Waals surface area contributed by atoms with Crippen molar-refractivity contribution in [1.82, 2.24) is 9.62 Å². The number of carbonyl (C=O) groups is 2. The summed E-state index contributed by atoms with van der Waals surface area (Å²) in [6.45, 7) is 0.0987. The molecular formula is C25H24BrN3O6S. The molecule has 1 heterocycles. The van der Waals surface area contributed by atoms with Gasteiger partial charge in [-0.25, -0.2) is 17.5 Å². The summed E-state index contributed by atoms with van der Waals surface area (Å²) in [5, 5.41) is 2.61. The zero-order chi connectivity index (χ0) is 25.9. The first kappa shape index (κ1) is 25.5. The van der Waals surface area contributed by atoms with Gasteiger partial charge in [-0.3, -0.25) is 4.79 Å². The van der Waals surface area contributed by atoms with Crippen LogP contribution >= 0.6 is 15.9 Å². The zero-order valence-corrected chi connectivity index (χ0v) is 22.0. The molecule has 188 valence electrons. The van der Waals surface area contributed by atoms with E-state index in [2.05, 4.69) is 21.2 Å². The van der Waals surface area contributed by atoms with E-state index in [4.69, 9.17) is 9.47 Å². The lowest BCUT2D eigenvalue weighted by Gasteiger charge is -2.27. The van der Waals surface area contributed by atoms with Gasteiger partial charge in [-0.2, -0.15) is 0 Å². The summed E-state index contributed by atoms with van der Waals surface area (Å²) in [5.74, 6) is 0.653. The van der Waals surface area contributed by atoms with Crippen LogP contribution in [0.2, 0.25) is 0 Å². The molecule has 4 rings (SSSR count). The van der Waals surface area contributed by atoms with E-state index in [0.717, 1.165) is 12.6 Å². The molecule has 0 aliphatic carbocycles. The molecule has 9 nitrogen and oxygen atoms in total. The average molecular weight is 574 g/mol. The number of nitrogens with zero attached hydrogens (tertiary/aromatic N) is 2. The fourth-order valence-corrected chi connectivity index (χ4v) is 5.68. The Kier molecular flexibility index (Phi) is 7.51. The number of anilines is 1. The molecule has 0 radical (unpaired) electrons. The number of likely N-dealkylation sites (N-methyl/N-ethyl adjacent to an activating group) is 1. The summed E-state index contributed by atoms with van der Waals surface area (Å²) in [5.41, 5.74) is 1.33. The third-order valence-corrected chi connectivity index (χ3v) is 8.47. The largest absolute Gasteiger partial charge is 0.454 e. The molecule has 3 amide bonds. The van der Waals surface area contributed by atoms with E-state index in [1.807, 2.05) is 30.3 Å². The lowest BCUT2D eigenvalue weighted by atomic mass is 10.0. The summed E-state index contributed by atoms with van der Waals surface area (Å²) in [7, 11) is -1.45. The molecule has 1 N–H and O–H groups in total. The first-order valence-corrected chi connectivity index (χ1v) is 13.2. The molecule has 0 saturated carbocycles. The molecule has 11 heteroatoms. The standard InChI is InChI=1S/C25H24BrN3O6S/c1-28(18-12-13-21-22(15-18)35-16-34-21)24(30)20(14-17-8-4-3-5-9-17)27-25(31)29(2)36(32,33)23-11-7-6-10-19(23)26/h3-13,15,20H,14,16H2,1-2H3,(H,27,31). The number of rotatable bonds is 7. The Bertz CT molecular complexity index is 1380. The number of halogens is 1. The average Bonchev–Trinajstić information content (AvgIpc) is 3.35. The Morgan fingerprint density at radius 1 is 0.972 bits per heavy atom. The molecule has 3 aromatic carbocycles. The van der Waals surface area contributed by atoms with E-state index in [1.54, 1.807) is 43.4 Å². The van der Waals surface area contributed by atoms with Gasteiger partial charge in [0, 0.05) is 36.7 Å². The van der Waals surface area contributed by atoms with Gasteiger partial charge in [0.05, 0.1) is 0 Å². The van der Waals surface area contributed by atoms with Crippen LogP contribution in [0.3, 0.4) is 0 Å². The first-order valence-electron chi connectivity index (χ1n) is 10.9. The van der Waals surface area contributed by atoms with Crippen LogP contribution in [0.1, 0.15) is 5.56 Å². The lowest BCUT2D eigenvalue weighted by molar-refractivity contribution is -0.120. The Morgan fingerprint density at radius 3 is 2.36 bits per heavy atom. The van der Waals surface area contributed by atoms with Crippen LogP contribution in [0.15, 0.2) is 82.2 Å². The van der Waals surface area contributed by atoms with E-state index >= 15 is 0 Å². The second-order valence-electron chi connectivity index (χ2n) is 8.03. The number of sulfonamides is 1. The second kappa shape index (κ2) is 10.6. The quantitative estimate of drug-likeness (QED) is 0.461. The fourth-order valence-electron chi connectivity index (χ4n) is 3.66. The molecule has 1 unspecified atom stereocenters. The van der Waals surface area contributed by atoms with Gasteiger partial charge in [0.1, 0.15) is 10.9 Å². The highest BCUT2D eigenvalue weighted by molar-refractivity contribution is 9.10. The fraction of sp³-hybridized carbons (Fsp3) is 0.200. The Hall–Kier alpha value is -3.57. The van der Waals surface area contributed by atoms with E-state index in [9.17, 15) is 18.0 Å². The predicted octanol–water partition coefficient (Wildman–Crippen LogP) is 3.78. The minimum atomic E-state index is -4.17. The molecule has 1 aliphatic rings. The van der Waals surface area contributed by atoms with Gasteiger partial charge in [-0.05, 0) is 45.8 Å². The minimum Gasteiger partial charge on any atom is -0.454 e. The van der Waals surface area contributed by atoms with E-state index in [0.29, 0.717) is 26.0 Å². The summed E-state index contributed by atoms with van der Waals surface area (Å²) in [6, 6.07) is 18.4. The maximum atomic E-state index is 13.5. The number of urea groups is 1. The number of benzene rings is 3. The molecule has 1 aliphatic heterocycles. The first-order chi connectivity index (χ1) is 17.2.